The zero-order valence-electron chi connectivity index (χ0n) is 13.9. The Kier molecular flexibility index (Phi) is 6.54. The molecule has 0 aliphatic heterocycles. The highest BCUT2D eigenvalue weighted by Crippen LogP contribution is 2.31. The largest absolute Gasteiger partial charge is 0.455 e. The first-order valence-electron chi connectivity index (χ1n) is 7.74. The van der Waals surface area contributed by atoms with Crippen molar-refractivity contribution in [2.24, 2.45) is 5.92 Å². The molecule has 0 radical (unpaired) electrons. The monoisotopic (exact) mass is 403 g/mol. The maximum Gasteiger partial charge on any atom is 0.286 e. The van der Waals surface area contributed by atoms with Crippen LogP contribution in [0.3, 0.4) is 0 Å². The Morgan fingerprint density at radius 2 is 1.80 bits per heavy atom. The number of hydrogen-bond acceptors (Lipinski definition) is 4. The molecule has 1 amide bonds. The van der Waals surface area contributed by atoms with Gasteiger partial charge in [-0.05, 0) is 36.6 Å². The van der Waals surface area contributed by atoms with Crippen molar-refractivity contribution in [1.29, 1.82) is 0 Å². The van der Waals surface area contributed by atoms with Crippen LogP contribution in [-0.4, -0.2) is 20.9 Å². The predicted octanol–water partition coefficient (Wildman–Crippen LogP) is 4.34. The molecule has 5 nitrogen and oxygen atoms in total. The molecule has 0 fully saturated rings. The lowest BCUT2D eigenvalue weighted by molar-refractivity contribution is 0.0923. The Balaban J connectivity index is 2.11. The highest BCUT2D eigenvalue weighted by Gasteiger charge is 2.24. The van der Waals surface area contributed by atoms with E-state index < -0.39 is 15.6 Å². The standard InChI is InChI=1S/C17H19Cl2NO4S/c1-11(2)8-9-20-17(21)15-7-6-12(24-15)10-25(22,23)16-13(18)4-3-5-14(16)19/h3-7,11H,8-10H2,1-2H3,(H,20,21). The van der Waals surface area contributed by atoms with Crippen molar-refractivity contribution in [3.63, 3.8) is 0 Å². The van der Waals surface area contributed by atoms with Crippen LogP contribution in [-0.2, 0) is 15.6 Å². The SMILES string of the molecule is CC(C)CCNC(=O)c1ccc(CS(=O)(=O)c2c(Cl)cccc2Cl)o1. The molecule has 1 heterocycles. The molecule has 136 valence electrons. The number of carbonyl (C=O) groups is 1. The third-order valence-corrected chi connectivity index (χ3v) is 6.04. The second-order valence-electron chi connectivity index (χ2n) is 6.01. The second-order valence-corrected chi connectivity index (χ2v) is 8.76. The van der Waals surface area contributed by atoms with E-state index in [2.05, 4.69) is 19.2 Å². The van der Waals surface area contributed by atoms with Gasteiger partial charge in [0.25, 0.3) is 5.91 Å². The van der Waals surface area contributed by atoms with Gasteiger partial charge in [-0.15, -0.1) is 0 Å². The molecule has 1 aromatic heterocycles. The molecule has 0 aliphatic rings. The normalized spacial score (nSPS) is 11.7. The molecule has 2 rings (SSSR count). The number of benzene rings is 1. The number of sulfone groups is 1. The minimum absolute atomic E-state index is 0.0470. The van der Waals surface area contributed by atoms with E-state index >= 15 is 0 Å². The van der Waals surface area contributed by atoms with Gasteiger partial charge in [0, 0.05) is 6.54 Å². The van der Waals surface area contributed by atoms with Crippen LogP contribution >= 0.6 is 23.2 Å². The molecule has 0 atom stereocenters. The molecule has 25 heavy (non-hydrogen) atoms. The van der Waals surface area contributed by atoms with E-state index in [0.29, 0.717) is 12.5 Å². The van der Waals surface area contributed by atoms with Crippen molar-refractivity contribution >= 4 is 38.9 Å². The van der Waals surface area contributed by atoms with E-state index in [1.54, 1.807) is 6.07 Å². The molecule has 0 saturated heterocycles. The molecular weight excluding hydrogens is 385 g/mol. The molecule has 0 aliphatic carbocycles. The van der Waals surface area contributed by atoms with Crippen molar-refractivity contribution in [2.75, 3.05) is 6.54 Å². The summed E-state index contributed by atoms with van der Waals surface area (Å²) in [4.78, 5) is 11.8. The van der Waals surface area contributed by atoms with Crippen LogP contribution in [0.4, 0.5) is 0 Å². The number of nitrogens with one attached hydrogen (secondary N) is 1. The first-order valence-corrected chi connectivity index (χ1v) is 10.1. The fourth-order valence-corrected chi connectivity index (χ4v) is 4.69. The fraction of sp³-hybridized carbons (Fsp3) is 0.353. The third kappa shape index (κ3) is 5.23. The minimum Gasteiger partial charge on any atom is -0.455 e. The summed E-state index contributed by atoms with van der Waals surface area (Å²) >= 11 is 11.9. The first kappa shape index (κ1) is 19.8. The van der Waals surface area contributed by atoms with Crippen molar-refractivity contribution < 1.29 is 17.6 Å². The molecule has 0 saturated carbocycles. The van der Waals surface area contributed by atoms with E-state index in [9.17, 15) is 13.2 Å². The van der Waals surface area contributed by atoms with E-state index in [0.717, 1.165) is 6.42 Å². The number of amides is 1. The van der Waals surface area contributed by atoms with Crippen molar-refractivity contribution in [3.8, 4) is 0 Å². The zero-order chi connectivity index (χ0) is 18.6. The van der Waals surface area contributed by atoms with Gasteiger partial charge in [-0.25, -0.2) is 8.42 Å². The van der Waals surface area contributed by atoms with Gasteiger partial charge in [0.15, 0.2) is 15.6 Å². The molecule has 0 spiro atoms. The highest BCUT2D eigenvalue weighted by molar-refractivity contribution is 7.90. The molecule has 0 unspecified atom stereocenters. The summed E-state index contributed by atoms with van der Waals surface area (Å²) in [6.07, 6.45) is 0.846. The second kappa shape index (κ2) is 8.25. The summed E-state index contributed by atoms with van der Waals surface area (Å²) in [6, 6.07) is 7.38. The lowest BCUT2D eigenvalue weighted by Gasteiger charge is -2.07. The molecule has 1 N–H and O–H groups in total. The summed E-state index contributed by atoms with van der Waals surface area (Å²) in [5.74, 6) is -0.127. The summed E-state index contributed by atoms with van der Waals surface area (Å²) < 4.78 is 30.4. The van der Waals surface area contributed by atoms with Gasteiger partial charge in [0.1, 0.15) is 16.4 Å². The Morgan fingerprint density at radius 1 is 1.16 bits per heavy atom. The van der Waals surface area contributed by atoms with Gasteiger partial charge in [-0.2, -0.15) is 0 Å². The van der Waals surface area contributed by atoms with Gasteiger partial charge < -0.3 is 9.73 Å². The van der Waals surface area contributed by atoms with Gasteiger partial charge >= 0.3 is 0 Å². The number of rotatable bonds is 7. The number of furan rings is 1. The van der Waals surface area contributed by atoms with Gasteiger partial charge in [0.2, 0.25) is 0 Å². The van der Waals surface area contributed by atoms with Crippen molar-refractivity contribution in [1.82, 2.24) is 5.32 Å². The number of halogens is 2. The lowest BCUT2D eigenvalue weighted by Crippen LogP contribution is -2.24. The number of carbonyl (C=O) groups excluding carboxylic acids is 1. The maximum absolute atomic E-state index is 12.5. The van der Waals surface area contributed by atoms with E-state index in [1.807, 2.05) is 0 Å². The summed E-state index contributed by atoms with van der Waals surface area (Å²) in [6.45, 7) is 4.64. The minimum atomic E-state index is -3.80. The molecular formula is C17H19Cl2NO4S. The highest BCUT2D eigenvalue weighted by atomic mass is 35.5. The van der Waals surface area contributed by atoms with Crippen molar-refractivity contribution in [3.05, 3.63) is 51.9 Å². The summed E-state index contributed by atoms with van der Waals surface area (Å²) in [5.41, 5.74) is 0. The lowest BCUT2D eigenvalue weighted by atomic mass is 10.1. The fourth-order valence-electron chi connectivity index (χ4n) is 2.18. The Morgan fingerprint density at radius 3 is 2.40 bits per heavy atom. The predicted molar refractivity (Wildman–Crippen MR) is 97.8 cm³/mol. The van der Waals surface area contributed by atoms with E-state index in [1.165, 1.54) is 24.3 Å². The first-order chi connectivity index (χ1) is 11.7. The van der Waals surface area contributed by atoms with Gasteiger partial charge in [0.05, 0.1) is 10.0 Å². The topological polar surface area (TPSA) is 76.4 Å². The number of hydrogen-bond donors (Lipinski definition) is 1. The quantitative estimate of drug-likeness (QED) is 0.745. The summed E-state index contributed by atoms with van der Waals surface area (Å²) in [5, 5.41) is 2.83. The van der Waals surface area contributed by atoms with Crippen LogP contribution in [0.25, 0.3) is 0 Å². The Labute approximate surface area is 157 Å². The molecule has 8 heteroatoms. The molecule has 1 aromatic carbocycles. The van der Waals surface area contributed by atoms with Gasteiger partial charge in [-0.3, -0.25) is 4.79 Å². The van der Waals surface area contributed by atoms with Crippen LogP contribution in [0.15, 0.2) is 39.6 Å². The molecule has 0 bridgehead atoms. The average molecular weight is 404 g/mol. The summed E-state index contributed by atoms with van der Waals surface area (Å²) in [7, 11) is -3.80. The van der Waals surface area contributed by atoms with Crippen LogP contribution in [0.1, 0.15) is 36.6 Å². The Hall–Kier alpha value is -1.50. The van der Waals surface area contributed by atoms with Crippen LogP contribution < -0.4 is 5.32 Å². The van der Waals surface area contributed by atoms with Crippen LogP contribution in [0.5, 0.6) is 0 Å². The Bertz CT molecular complexity index is 839. The smallest absolute Gasteiger partial charge is 0.286 e. The third-order valence-electron chi connectivity index (χ3n) is 3.45. The van der Waals surface area contributed by atoms with Crippen LogP contribution in [0.2, 0.25) is 10.0 Å². The zero-order valence-corrected chi connectivity index (χ0v) is 16.2. The average Bonchev–Trinajstić information content (AvgIpc) is 2.94. The van der Waals surface area contributed by atoms with Gasteiger partial charge in [-0.1, -0.05) is 43.1 Å². The van der Waals surface area contributed by atoms with Crippen LogP contribution in [0, 0.1) is 5.92 Å². The van der Waals surface area contributed by atoms with Crippen molar-refractivity contribution in [2.45, 2.75) is 30.9 Å². The van der Waals surface area contributed by atoms with E-state index in [4.69, 9.17) is 27.6 Å². The maximum atomic E-state index is 12.5. The molecule has 2 aromatic rings. The van der Waals surface area contributed by atoms with E-state index in [-0.39, 0.29) is 32.4 Å².